The summed E-state index contributed by atoms with van der Waals surface area (Å²) in [6.45, 7) is 6.57. The minimum atomic E-state index is -0.0692. The highest BCUT2D eigenvalue weighted by Crippen LogP contribution is 2.36. The van der Waals surface area contributed by atoms with Gasteiger partial charge < -0.3 is 15.0 Å². The number of hydrogen-bond donors (Lipinski definition) is 1. The lowest BCUT2D eigenvalue weighted by molar-refractivity contribution is -0.130. The molecule has 1 fully saturated rings. The zero-order valence-electron chi connectivity index (χ0n) is 17.5. The molecule has 1 saturated carbocycles. The van der Waals surface area contributed by atoms with Gasteiger partial charge in [-0.1, -0.05) is 19.9 Å². The van der Waals surface area contributed by atoms with E-state index < -0.39 is 0 Å². The van der Waals surface area contributed by atoms with Crippen molar-refractivity contribution in [3.05, 3.63) is 23.7 Å². The van der Waals surface area contributed by atoms with E-state index in [1.54, 1.807) is 25.3 Å². The first-order valence-corrected chi connectivity index (χ1v) is 9.84. The lowest BCUT2D eigenvalue weighted by Gasteiger charge is -2.28. The summed E-state index contributed by atoms with van der Waals surface area (Å²) >= 11 is 0. The van der Waals surface area contributed by atoms with Crippen molar-refractivity contribution in [3.8, 4) is 6.07 Å². The molecule has 2 rings (SSSR count). The molecule has 28 heavy (non-hydrogen) atoms. The van der Waals surface area contributed by atoms with E-state index in [1.165, 1.54) is 0 Å². The van der Waals surface area contributed by atoms with Crippen molar-refractivity contribution in [2.45, 2.75) is 52.5 Å². The third kappa shape index (κ3) is 5.77. The number of ether oxygens (including phenoxy) is 1. The second kappa shape index (κ2) is 10.2. The Kier molecular flexibility index (Phi) is 7.94. The maximum absolute atomic E-state index is 12.9. The minimum absolute atomic E-state index is 0.0416. The van der Waals surface area contributed by atoms with Gasteiger partial charge in [-0.25, -0.2) is 4.99 Å². The van der Waals surface area contributed by atoms with Crippen LogP contribution >= 0.6 is 0 Å². The summed E-state index contributed by atoms with van der Waals surface area (Å²) in [6.07, 6.45) is 6.72. The van der Waals surface area contributed by atoms with Gasteiger partial charge in [-0.3, -0.25) is 9.79 Å². The highest BCUT2D eigenvalue weighted by atomic mass is 16.5. The average molecular weight is 386 g/mol. The Bertz CT molecular complexity index is 740. The second-order valence-corrected chi connectivity index (χ2v) is 7.35. The molecule has 1 amide bonds. The van der Waals surface area contributed by atoms with Crippen LogP contribution < -0.4 is 5.32 Å². The van der Waals surface area contributed by atoms with Gasteiger partial charge in [0.2, 0.25) is 5.91 Å². The Labute approximate surface area is 167 Å². The summed E-state index contributed by atoms with van der Waals surface area (Å²) in [7, 11) is 3.42. The van der Waals surface area contributed by atoms with Crippen molar-refractivity contribution in [3.63, 3.8) is 0 Å². The number of nitrogens with one attached hydrogen (secondary N) is 1. The Balaban J connectivity index is 2.21. The molecular weight excluding hydrogens is 354 g/mol. The van der Waals surface area contributed by atoms with Crippen LogP contribution in [-0.2, 0) is 9.53 Å². The lowest BCUT2D eigenvalue weighted by atomic mass is 10.0. The lowest BCUT2D eigenvalue weighted by Crippen LogP contribution is -2.42. The molecule has 0 aromatic rings. The number of amides is 1. The molecule has 0 saturated heterocycles. The van der Waals surface area contributed by atoms with Gasteiger partial charge in [0.15, 0.2) is 5.70 Å². The van der Waals surface area contributed by atoms with Crippen LogP contribution in [0.5, 0.6) is 0 Å². The van der Waals surface area contributed by atoms with E-state index in [1.807, 2.05) is 13.8 Å². The molecule has 0 spiro atoms. The van der Waals surface area contributed by atoms with Crippen LogP contribution in [0.25, 0.3) is 0 Å². The fraction of sp³-hybridized carbons (Fsp3) is 0.619. The number of nitriles is 1. The topological polar surface area (TPSA) is 90.1 Å². The first-order valence-electron chi connectivity index (χ1n) is 9.84. The van der Waals surface area contributed by atoms with Gasteiger partial charge in [-0.05, 0) is 32.1 Å². The third-order valence-electron chi connectivity index (χ3n) is 5.25. The largest absolute Gasteiger partial charge is 0.383 e. The van der Waals surface area contributed by atoms with Crippen LogP contribution in [0.3, 0.4) is 0 Å². The van der Waals surface area contributed by atoms with Crippen molar-refractivity contribution in [2.75, 3.05) is 20.8 Å². The van der Waals surface area contributed by atoms with Crippen LogP contribution in [0.15, 0.2) is 33.7 Å². The Hall–Kier alpha value is -2.46. The van der Waals surface area contributed by atoms with Crippen molar-refractivity contribution < 1.29 is 9.53 Å². The summed E-state index contributed by atoms with van der Waals surface area (Å²) in [5.74, 6) is 1.04. The molecule has 152 valence electrons. The monoisotopic (exact) mass is 385 g/mol. The summed E-state index contributed by atoms with van der Waals surface area (Å²) in [6, 6.07) is 2.06. The summed E-state index contributed by atoms with van der Waals surface area (Å²) in [5, 5.41) is 12.8. The first-order chi connectivity index (χ1) is 13.4. The molecule has 2 aliphatic rings. The quantitative estimate of drug-likeness (QED) is 0.650. The SMILES string of the molecule is CC/C(=C\C(C)C(C)=NC)NC1=NC(C#N)=CN(C(COC)C2CC2)C(=O)C1. The van der Waals surface area contributed by atoms with Crippen molar-refractivity contribution in [1.29, 1.82) is 5.26 Å². The number of rotatable bonds is 8. The fourth-order valence-corrected chi connectivity index (χ4v) is 3.21. The molecule has 1 aliphatic heterocycles. The van der Waals surface area contributed by atoms with E-state index in [2.05, 4.69) is 34.4 Å². The Morgan fingerprint density at radius 1 is 1.57 bits per heavy atom. The summed E-state index contributed by atoms with van der Waals surface area (Å²) in [5.41, 5.74) is 2.22. The van der Waals surface area contributed by atoms with Crippen LogP contribution in [0.4, 0.5) is 0 Å². The molecule has 2 atom stereocenters. The highest BCUT2D eigenvalue weighted by Gasteiger charge is 2.38. The predicted octanol–water partition coefficient (Wildman–Crippen LogP) is 3.02. The molecule has 2 unspecified atom stereocenters. The number of methoxy groups -OCH3 is 1. The maximum Gasteiger partial charge on any atom is 0.234 e. The van der Waals surface area contributed by atoms with Crippen LogP contribution in [-0.4, -0.2) is 49.2 Å². The van der Waals surface area contributed by atoms with E-state index in [0.29, 0.717) is 18.4 Å². The average Bonchev–Trinajstić information content (AvgIpc) is 3.53. The zero-order chi connectivity index (χ0) is 20.7. The van der Waals surface area contributed by atoms with E-state index in [-0.39, 0.29) is 30.0 Å². The molecule has 1 N–H and O–H groups in total. The molecular formula is C21H31N5O2. The first kappa shape index (κ1) is 21.8. The molecule has 7 heteroatoms. The van der Waals surface area contributed by atoms with Crippen LogP contribution in [0.2, 0.25) is 0 Å². The smallest absolute Gasteiger partial charge is 0.234 e. The summed E-state index contributed by atoms with van der Waals surface area (Å²) in [4.78, 5) is 23.2. The number of allylic oxidation sites excluding steroid dienone is 3. The molecule has 0 radical (unpaired) electrons. The number of aliphatic imine (C=N–C) groups is 2. The maximum atomic E-state index is 12.9. The van der Waals surface area contributed by atoms with Gasteiger partial charge in [0, 0.05) is 37.7 Å². The van der Waals surface area contributed by atoms with Gasteiger partial charge >= 0.3 is 0 Å². The number of nitrogens with zero attached hydrogens (tertiary/aromatic N) is 4. The van der Waals surface area contributed by atoms with Gasteiger partial charge in [0.05, 0.1) is 19.1 Å². The van der Waals surface area contributed by atoms with E-state index in [9.17, 15) is 10.1 Å². The molecule has 0 bridgehead atoms. The van der Waals surface area contributed by atoms with E-state index in [0.717, 1.165) is 30.7 Å². The molecule has 7 nitrogen and oxygen atoms in total. The minimum Gasteiger partial charge on any atom is -0.383 e. The second-order valence-electron chi connectivity index (χ2n) is 7.35. The third-order valence-corrected chi connectivity index (χ3v) is 5.25. The Morgan fingerprint density at radius 3 is 2.82 bits per heavy atom. The molecule has 0 aromatic carbocycles. The number of carbonyl (C=O) groups is 1. The van der Waals surface area contributed by atoms with E-state index >= 15 is 0 Å². The predicted molar refractivity (Wildman–Crippen MR) is 111 cm³/mol. The van der Waals surface area contributed by atoms with Crippen LogP contribution in [0.1, 0.15) is 46.5 Å². The van der Waals surface area contributed by atoms with Gasteiger partial charge in [0.1, 0.15) is 11.9 Å². The Morgan fingerprint density at radius 2 is 2.29 bits per heavy atom. The van der Waals surface area contributed by atoms with Crippen molar-refractivity contribution in [2.24, 2.45) is 21.8 Å². The van der Waals surface area contributed by atoms with Crippen LogP contribution in [0, 0.1) is 23.2 Å². The number of amidine groups is 1. The van der Waals surface area contributed by atoms with Crippen molar-refractivity contribution in [1.82, 2.24) is 10.2 Å². The molecule has 0 aromatic heterocycles. The zero-order valence-corrected chi connectivity index (χ0v) is 17.5. The normalized spacial score (nSPS) is 20.7. The van der Waals surface area contributed by atoms with Gasteiger partial charge in [-0.15, -0.1) is 0 Å². The van der Waals surface area contributed by atoms with Gasteiger partial charge in [0.25, 0.3) is 0 Å². The van der Waals surface area contributed by atoms with Crippen molar-refractivity contribution >= 4 is 17.5 Å². The highest BCUT2D eigenvalue weighted by molar-refractivity contribution is 6.02. The summed E-state index contributed by atoms with van der Waals surface area (Å²) < 4.78 is 5.32. The molecule has 1 aliphatic carbocycles. The fourth-order valence-electron chi connectivity index (χ4n) is 3.21. The number of hydrogen-bond acceptors (Lipinski definition) is 6. The standard InChI is InChI=1S/C21H31N5O2/c1-6-17(9-14(2)15(3)23-4)24-20-10-21(27)26(12-18(11-22)25-20)19(13-28-5)16-7-8-16/h9,12,14,16,19H,6-8,10,13H2,1-5H3,(H,24,25)/b17-9+,23-15?. The van der Waals surface area contributed by atoms with Gasteiger partial charge in [-0.2, -0.15) is 5.26 Å². The number of carbonyl (C=O) groups excluding carboxylic acids is 1. The van der Waals surface area contributed by atoms with E-state index in [4.69, 9.17) is 4.74 Å². The molecule has 1 heterocycles.